The van der Waals surface area contributed by atoms with Crippen molar-refractivity contribution in [3.05, 3.63) is 64.7 Å². The van der Waals surface area contributed by atoms with Gasteiger partial charge in [0.1, 0.15) is 0 Å². The fraction of sp³-hybridized carbons (Fsp3) is 0.118. The van der Waals surface area contributed by atoms with Crippen LogP contribution in [0.15, 0.2) is 53.6 Å². The number of nitrogens with zero attached hydrogens (tertiary/aromatic N) is 3. The maximum Gasteiger partial charge on any atom is 0.280 e. The lowest BCUT2D eigenvalue weighted by Crippen LogP contribution is -2.17. The Bertz CT molecular complexity index is 915. The minimum atomic E-state index is -0.207. The highest BCUT2D eigenvalue weighted by Crippen LogP contribution is 2.22. The van der Waals surface area contributed by atoms with Crippen molar-refractivity contribution in [3.63, 3.8) is 0 Å². The predicted octanol–water partition coefficient (Wildman–Crippen LogP) is 2.47. The Hall–Kier alpha value is -2.70. The highest BCUT2D eigenvalue weighted by molar-refractivity contribution is 7.64. The lowest BCUT2D eigenvalue weighted by molar-refractivity contribution is 0.820. The molecular weight excluding hydrogens is 307 g/mol. The molecule has 0 amide bonds. The largest absolute Gasteiger partial charge is 0.296 e. The number of aromatic nitrogens is 3. The first-order valence-corrected chi connectivity index (χ1v) is 9.28. The van der Waals surface area contributed by atoms with Gasteiger partial charge in [-0.1, -0.05) is 20.1 Å². The maximum absolute atomic E-state index is 12.6. The van der Waals surface area contributed by atoms with Crippen LogP contribution in [0.1, 0.15) is 5.56 Å². The maximum atomic E-state index is 12.6. The van der Waals surface area contributed by atoms with Gasteiger partial charge >= 0.3 is 0 Å². The molecular formula is C17H15N4OP. The summed E-state index contributed by atoms with van der Waals surface area (Å²) >= 11 is 0. The average molecular weight is 322 g/mol. The van der Waals surface area contributed by atoms with Crippen molar-refractivity contribution in [2.75, 3.05) is 13.3 Å². The van der Waals surface area contributed by atoms with Gasteiger partial charge in [0.2, 0.25) is 0 Å². The molecule has 0 unspecified atom stereocenters. The van der Waals surface area contributed by atoms with E-state index in [2.05, 4.69) is 29.5 Å². The van der Waals surface area contributed by atoms with Gasteiger partial charge in [-0.05, 0) is 48.5 Å². The van der Waals surface area contributed by atoms with Crippen LogP contribution < -0.4 is 10.9 Å². The number of rotatable bonds is 3. The SMILES string of the molecule is CP(C)c1ccc(-n2[nH]cc(-c3ccc(C#N)cc3)c2=O)nc1. The summed E-state index contributed by atoms with van der Waals surface area (Å²) in [7, 11) is -0.207. The number of H-pyrrole nitrogens is 1. The second-order valence-electron chi connectivity index (χ2n) is 5.29. The highest BCUT2D eigenvalue weighted by Gasteiger charge is 2.11. The van der Waals surface area contributed by atoms with Gasteiger partial charge in [-0.3, -0.25) is 9.89 Å². The molecule has 1 aromatic carbocycles. The molecule has 114 valence electrons. The van der Waals surface area contributed by atoms with Crippen LogP contribution in [0, 0.1) is 11.3 Å². The van der Waals surface area contributed by atoms with Crippen molar-refractivity contribution < 1.29 is 0 Å². The summed E-state index contributed by atoms with van der Waals surface area (Å²) in [4.78, 5) is 16.9. The standard InChI is InChI=1S/C17H15N4OP/c1-23(2)14-7-8-16(19-10-14)21-17(22)15(11-20-21)13-5-3-12(9-18)4-6-13/h3-8,10-11,20H,1-2H3. The zero-order valence-electron chi connectivity index (χ0n) is 12.8. The fourth-order valence-corrected chi connectivity index (χ4v) is 2.91. The molecule has 0 aliphatic heterocycles. The molecule has 3 aromatic rings. The van der Waals surface area contributed by atoms with Gasteiger partial charge < -0.3 is 0 Å². The smallest absolute Gasteiger partial charge is 0.280 e. The number of hydrogen-bond donors (Lipinski definition) is 1. The van der Waals surface area contributed by atoms with Gasteiger partial charge in [0.05, 0.1) is 17.2 Å². The number of aromatic amines is 1. The monoisotopic (exact) mass is 322 g/mol. The van der Waals surface area contributed by atoms with E-state index < -0.39 is 0 Å². The number of hydrogen-bond acceptors (Lipinski definition) is 3. The Balaban J connectivity index is 1.98. The Morgan fingerprint density at radius 3 is 2.48 bits per heavy atom. The summed E-state index contributed by atoms with van der Waals surface area (Å²) < 4.78 is 1.42. The fourth-order valence-electron chi connectivity index (χ4n) is 2.25. The number of nitrogens with one attached hydrogen (secondary N) is 1. The molecule has 2 heterocycles. The van der Waals surface area contributed by atoms with Gasteiger partial charge in [-0.2, -0.15) is 5.26 Å². The van der Waals surface area contributed by atoms with E-state index in [1.54, 1.807) is 30.5 Å². The van der Waals surface area contributed by atoms with Gasteiger partial charge in [0.25, 0.3) is 5.56 Å². The van der Waals surface area contributed by atoms with E-state index in [0.29, 0.717) is 16.9 Å². The van der Waals surface area contributed by atoms with Crippen LogP contribution in [-0.2, 0) is 0 Å². The third kappa shape index (κ3) is 2.94. The minimum absolute atomic E-state index is 0.162. The predicted molar refractivity (Wildman–Crippen MR) is 92.7 cm³/mol. The molecule has 6 heteroatoms. The number of pyridine rings is 1. The van der Waals surface area contributed by atoms with Gasteiger partial charge in [0, 0.05) is 12.4 Å². The molecule has 2 aromatic heterocycles. The summed E-state index contributed by atoms with van der Waals surface area (Å²) in [6, 6.07) is 12.8. The molecule has 1 N–H and O–H groups in total. The summed E-state index contributed by atoms with van der Waals surface area (Å²) in [5.41, 5.74) is 1.72. The molecule has 3 rings (SSSR count). The van der Waals surface area contributed by atoms with Crippen molar-refractivity contribution in [1.82, 2.24) is 14.8 Å². The number of benzene rings is 1. The molecule has 0 radical (unpaired) electrons. The molecule has 0 aliphatic rings. The Morgan fingerprint density at radius 2 is 1.91 bits per heavy atom. The third-order valence-electron chi connectivity index (χ3n) is 3.57. The topological polar surface area (TPSA) is 74.5 Å². The normalized spacial score (nSPS) is 10.7. The molecule has 5 nitrogen and oxygen atoms in total. The molecule has 0 spiro atoms. The van der Waals surface area contributed by atoms with Gasteiger partial charge in [-0.25, -0.2) is 9.67 Å². The van der Waals surface area contributed by atoms with Gasteiger partial charge in [0.15, 0.2) is 5.82 Å². The van der Waals surface area contributed by atoms with E-state index in [4.69, 9.17) is 5.26 Å². The Labute approximate surface area is 135 Å². The molecule has 0 saturated carbocycles. The Morgan fingerprint density at radius 1 is 1.17 bits per heavy atom. The lowest BCUT2D eigenvalue weighted by atomic mass is 10.1. The van der Waals surface area contributed by atoms with Crippen LogP contribution in [0.5, 0.6) is 0 Å². The van der Waals surface area contributed by atoms with Crippen LogP contribution in [0.3, 0.4) is 0 Å². The molecule has 23 heavy (non-hydrogen) atoms. The second-order valence-corrected chi connectivity index (χ2v) is 7.59. The lowest BCUT2D eigenvalue weighted by Gasteiger charge is -2.06. The summed E-state index contributed by atoms with van der Waals surface area (Å²) in [5, 5.41) is 13.0. The van der Waals surface area contributed by atoms with Crippen LogP contribution in [-0.4, -0.2) is 28.1 Å². The van der Waals surface area contributed by atoms with E-state index in [-0.39, 0.29) is 13.5 Å². The first-order chi connectivity index (χ1) is 11.1. The Kier molecular flexibility index (Phi) is 4.10. The van der Waals surface area contributed by atoms with Crippen molar-refractivity contribution in [2.45, 2.75) is 0 Å². The average Bonchev–Trinajstić information content (AvgIpc) is 2.96. The van der Waals surface area contributed by atoms with E-state index in [9.17, 15) is 4.79 Å². The van der Waals surface area contributed by atoms with Crippen molar-refractivity contribution in [2.24, 2.45) is 0 Å². The van der Waals surface area contributed by atoms with Gasteiger partial charge in [-0.15, -0.1) is 0 Å². The molecule has 0 bridgehead atoms. The summed E-state index contributed by atoms with van der Waals surface area (Å²) in [6.45, 7) is 4.33. The molecule has 0 fully saturated rings. The van der Waals surface area contributed by atoms with E-state index in [1.165, 1.54) is 9.99 Å². The molecule has 0 saturated heterocycles. The van der Waals surface area contributed by atoms with Crippen LogP contribution in [0.25, 0.3) is 16.9 Å². The van der Waals surface area contributed by atoms with E-state index in [0.717, 1.165) is 5.56 Å². The highest BCUT2D eigenvalue weighted by atomic mass is 31.1. The van der Waals surface area contributed by atoms with Crippen LogP contribution in [0.2, 0.25) is 0 Å². The third-order valence-corrected chi connectivity index (χ3v) is 4.87. The molecule has 0 atom stereocenters. The zero-order valence-corrected chi connectivity index (χ0v) is 13.7. The van der Waals surface area contributed by atoms with E-state index >= 15 is 0 Å². The van der Waals surface area contributed by atoms with Crippen LogP contribution in [0.4, 0.5) is 0 Å². The quantitative estimate of drug-likeness (QED) is 0.753. The van der Waals surface area contributed by atoms with Crippen molar-refractivity contribution in [3.8, 4) is 23.0 Å². The summed E-state index contributed by atoms with van der Waals surface area (Å²) in [5.74, 6) is 0.565. The van der Waals surface area contributed by atoms with E-state index in [1.807, 2.05) is 18.3 Å². The zero-order chi connectivity index (χ0) is 16.4. The second kappa shape index (κ2) is 6.20. The summed E-state index contributed by atoms with van der Waals surface area (Å²) in [6.07, 6.45) is 3.47. The number of nitriles is 1. The van der Waals surface area contributed by atoms with Crippen LogP contribution >= 0.6 is 7.92 Å². The molecule has 0 aliphatic carbocycles. The first-order valence-electron chi connectivity index (χ1n) is 7.05. The van der Waals surface area contributed by atoms with Crippen molar-refractivity contribution in [1.29, 1.82) is 5.26 Å². The first kappa shape index (κ1) is 15.2. The minimum Gasteiger partial charge on any atom is -0.296 e. The van der Waals surface area contributed by atoms with Crippen molar-refractivity contribution >= 4 is 13.2 Å².